The molecule has 0 saturated carbocycles. The topological polar surface area (TPSA) is 109 Å². The van der Waals surface area contributed by atoms with Gasteiger partial charge in [-0.3, -0.25) is 9.09 Å². The first-order valence-corrected chi connectivity index (χ1v) is 23.4. The molecule has 1 aliphatic rings. The molecule has 11 nitrogen and oxygen atoms in total. The predicted octanol–water partition coefficient (Wildman–Crippen LogP) is 9.96. The summed E-state index contributed by atoms with van der Waals surface area (Å²) in [5.41, 5.74) is 4.38. The Morgan fingerprint density at radius 1 is 0.556 bits per heavy atom. The minimum absolute atomic E-state index is 0.00476. The van der Waals surface area contributed by atoms with Crippen LogP contribution in [-0.2, 0) is 84.5 Å². The lowest BCUT2D eigenvalue weighted by Gasteiger charge is -2.34. The molecule has 0 N–H and O–H groups in total. The molecule has 0 radical (unpaired) electrons. The monoisotopic (exact) mass is 882 g/mol. The Morgan fingerprint density at radius 3 is 1.46 bits per heavy atom. The third-order valence-corrected chi connectivity index (χ3v) is 12.9. The summed E-state index contributed by atoms with van der Waals surface area (Å²) in [5, 5.41) is 0. The van der Waals surface area contributed by atoms with Gasteiger partial charge in [0.15, 0.2) is 6.29 Å². The smallest absolute Gasteiger partial charge is 0.333 e. The van der Waals surface area contributed by atoms with Crippen LogP contribution in [0.3, 0.4) is 0 Å². The number of hydrogen-bond acceptors (Lipinski definition) is 11. The summed E-state index contributed by atoms with van der Waals surface area (Å²) < 4.78 is 79.3. The van der Waals surface area contributed by atoms with Crippen LogP contribution >= 0.6 is 7.60 Å². The van der Waals surface area contributed by atoms with Gasteiger partial charge in [-0.05, 0) is 34.7 Å². The molecule has 1 aliphatic heterocycles. The van der Waals surface area contributed by atoms with Crippen molar-refractivity contribution >= 4 is 7.60 Å². The van der Waals surface area contributed by atoms with E-state index >= 15 is 0 Å². The van der Waals surface area contributed by atoms with Gasteiger partial charge in [0.05, 0.1) is 58.5 Å². The third-order valence-electron chi connectivity index (χ3n) is 10.6. The molecule has 63 heavy (non-hydrogen) atoms. The van der Waals surface area contributed by atoms with Crippen LogP contribution in [0.1, 0.15) is 48.6 Å². The second kappa shape index (κ2) is 26.0. The Morgan fingerprint density at radius 2 is 1.00 bits per heavy atom. The lowest BCUT2D eigenvalue weighted by molar-refractivity contribution is -0.220. The van der Waals surface area contributed by atoms with Gasteiger partial charge in [0.1, 0.15) is 36.6 Å². The minimum atomic E-state index is -3.75. The first-order valence-electron chi connectivity index (χ1n) is 21.8. The Bertz CT molecular complexity index is 2010. The standard InChI is InChI=1S/C51H63O11P/c1-5-54-36-45(56-32-41-23-13-7-14-24-41)48(58-34-43-27-17-9-18-28-43)46(57-33-42-25-15-8-16-26-42)38-59-51-50(53-4)49(47(61-51)37-55-31-40-21-11-6-12-22-40)62-63(52,39(2)3)60-35-44-29-19-10-20-30-44/h6-30,39,45-51H,5,31-38H2,1-4H3. The highest BCUT2D eigenvalue weighted by Gasteiger charge is 2.51. The number of ether oxygens (including phenoxy) is 8. The lowest BCUT2D eigenvalue weighted by Crippen LogP contribution is -2.48. The van der Waals surface area contributed by atoms with Crippen molar-refractivity contribution in [2.45, 2.75) is 102 Å². The minimum Gasteiger partial charge on any atom is -0.379 e. The molecule has 0 spiro atoms. The maximum absolute atomic E-state index is 14.6. The van der Waals surface area contributed by atoms with Crippen LogP contribution in [0.2, 0.25) is 0 Å². The van der Waals surface area contributed by atoms with E-state index in [1.165, 1.54) is 0 Å². The van der Waals surface area contributed by atoms with Crippen molar-refractivity contribution in [1.82, 2.24) is 0 Å². The summed E-state index contributed by atoms with van der Waals surface area (Å²) in [5.74, 6) is 0. The van der Waals surface area contributed by atoms with Gasteiger partial charge < -0.3 is 42.4 Å². The van der Waals surface area contributed by atoms with Crippen LogP contribution in [0.15, 0.2) is 152 Å². The molecule has 6 rings (SSSR count). The molecule has 5 aromatic rings. The van der Waals surface area contributed by atoms with Crippen molar-refractivity contribution in [2.75, 3.05) is 33.5 Å². The van der Waals surface area contributed by atoms with Crippen LogP contribution in [0, 0.1) is 0 Å². The Hall–Kier alpha value is -4.07. The SMILES string of the molecule is CCOCC(OCc1ccccc1)C(OCc1ccccc1)C(COC1OC(COCc2ccccc2)C(OP(=O)(OCc2ccccc2)C(C)C)C1OC)OCc1ccccc1. The molecule has 12 heteroatoms. The predicted molar refractivity (Wildman–Crippen MR) is 242 cm³/mol. The van der Waals surface area contributed by atoms with Gasteiger partial charge in [-0.15, -0.1) is 0 Å². The number of methoxy groups -OCH3 is 1. The maximum atomic E-state index is 14.6. The van der Waals surface area contributed by atoms with Crippen molar-refractivity contribution in [1.29, 1.82) is 0 Å². The van der Waals surface area contributed by atoms with Crippen LogP contribution in [0.4, 0.5) is 0 Å². The molecule has 8 unspecified atom stereocenters. The van der Waals surface area contributed by atoms with Crippen molar-refractivity contribution < 1.29 is 51.5 Å². The molecule has 0 bridgehead atoms. The van der Waals surface area contributed by atoms with E-state index in [2.05, 4.69) is 0 Å². The third kappa shape index (κ3) is 15.3. The van der Waals surface area contributed by atoms with Crippen LogP contribution in [0.5, 0.6) is 0 Å². The molecule has 1 saturated heterocycles. The first kappa shape index (κ1) is 48.4. The van der Waals surface area contributed by atoms with Crippen LogP contribution < -0.4 is 0 Å². The van der Waals surface area contributed by atoms with E-state index in [0.717, 1.165) is 27.8 Å². The molecular weight excluding hydrogens is 820 g/mol. The molecule has 8 atom stereocenters. The number of benzene rings is 5. The Kier molecular flexibility index (Phi) is 20.0. The normalized spacial score (nSPS) is 20.0. The fourth-order valence-electron chi connectivity index (χ4n) is 7.09. The zero-order chi connectivity index (χ0) is 44.1. The quantitative estimate of drug-likeness (QED) is 0.0448. The van der Waals surface area contributed by atoms with Gasteiger partial charge in [-0.1, -0.05) is 166 Å². The fraction of sp³-hybridized carbons (Fsp3) is 0.412. The van der Waals surface area contributed by atoms with Crippen molar-refractivity contribution in [3.8, 4) is 0 Å². The number of hydrogen-bond donors (Lipinski definition) is 0. The van der Waals surface area contributed by atoms with E-state index in [1.807, 2.05) is 172 Å². The summed E-state index contributed by atoms with van der Waals surface area (Å²) in [6.07, 6.45) is -5.34. The zero-order valence-electron chi connectivity index (χ0n) is 36.9. The van der Waals surface area contributed by atoms with E-state index < -0.39 is 56.2 Å². The average molecular weight is 883 g/mol. The second-order valence-corrected chi connectivity index (χ2v) is 18.2. The molecule has 0 aliphatic carbocycles. The molecule has 1 heterocycles. The van der Waals surface area contributed by atoms with Crippen molar-refractivity contribution in [2.24, 2.45) is 0 Å². The van der Waals surface area contributed by atoms with E-state index in [1.54, 1.807) is 7.11 Å². The van der Waals surface area contributed by atoms with Crippen LogP contribution in [-0.4, -0.2) is 82.1 Å². The Labute approximate surface area is 373 Å². The molecule has 1 fully saturated rings. The van der Waals surface area contributed by atoms with Gasteiger partial charge in [-0.25, -0.2) is 0 Å². The van der Waals surface area contributed by atoms with E-state index in [0.29, 0.717) is 26.4 Å². The lowest BCUT2D eigenvalue weighted by atomic mass is 10.1. The maximum Gasteiger partial charge on any atom is 0.333 e. The van der Waals surface area contributed by atoms with Gasteiger partial charge in [0.2, 0.25) is 0 Å². The first-order chi connectivity index (χ1) is 30.8. The summed E-state index contributed by atoms with van der Waals surface area (Å²) in [4.78, 5) is 0. The molecule has 338 valence electrons. The van der Waals surface area contributed by atoms with Crippen LogP contribution in [0.25, 0.3) is 0 Å². The fourth-order valence-corrected chi connectivity index (χ4v) is 8.61. The Balaban J connectivity index is 1.27. The van der Waals surface area contributed by atoms with E-state index in [4.69, 9.17) is 46.9 Å². The van der Waals surface area contributed by atoms with Crippen molar-refractivity contribution in [3.63, 3.8) is 0 Å². The van der Waals surface area contributed by atoms with Crippen molar-refractivity contribution in [3.05, 3.63) is 179 Å². The van der Waals surface area contributed by atoms with Gasteiger partial charge in [-0.2, -0.15) is 0 Å². The summed E-state index contributed by atoms with van der Waals surface area (Å²) in [6.45, 7) is 7.78. The highest BCUT2D eigenvalue weighted by Crippen LogP contribution is 2.56. The molecular formula is C51H63O11P. The highest BCUT2D eigenvalue weighted by atomic mass is 31.2. The number of rotatable bonds is 28. The molecule has 5 aromatic carbocycles. The zero-order valence-corrected chi connectivity index (χ0v) is 37.7. The largest absolute Gasteiger partial charge is 0.379 e. The summed E-state index contributed by atoms with van der Waals surface area (Å²) in [6, 6.07) is 49.4. The molecule has 0 aromatic heterocycles. The van der Waals surface area contributed by atoms with Gasteiger partial charge in [0.25, 0.3) is 0 Å². The van der Waals surface area contributed by atoms with E-state index in [9.17, 15) is 4.57 Å². The summed E-state index contributed by atoms with van der Waals surface area (Å²) in [7, 11) is -2.19. The molecule has 0 amide bonds. The summed E-state index contributed by atoms with van der Waals surface area (Å²) >= 11 is 0. The van der Waals surface area contributed by atoms with Gasteiger partial charge in [0, 0.05) is 13.7 Å². The van der Waals surface area contributed by atoms with Gasteiger partial charge >= 0.3 is 7.60 Å². The second-order valence-electron chi connectivity index (χ2n) is 15.6. The highest BCUT2D eigenvalue weighted by molar-refractivity contribution is 7.54. The average Bonchev–Trinajstić information content (AvgIpc) is 3.65. The van der Waals surface area contributed by atoms with E-state index in [-0.39, 0.29) is 33.0 Å².